The molecule has 0 spiro atoms. The fraction of sp³-hybridized carbons (Fsp3) is 0.667. The summed E-state index contributed by atoms with van der Waals surface area (Å²) in [6, 6.07) is 2.15. The van der Waals surface area contributed by atoms with Gasteiger partial charge < -0.3 is 15.1 Å². The predicted octanol–water partition coefficient (Wildman–Crippen LogP) is 1.28. The SMILES string of the molecule is CCc1cc(NC2CC(=O)N(C)C2)nc(N2CCCC2)n1. The molecule has 114 valence electrons. The van der Waals surface area contributed by atoms with E-state index in [1.807, 2.05) is 13.1 Å². The molecule has 21 heavy (non-hydrogen) atoms. The lowest BCUT2D eigenvalue weighted by Crippen LogP contribution is -2.26. The summed E-state index contributed by atoms with van der Waals surface area (Å²) in [6.45, 7) is 4.92. The van der Waals surface area contributed by atoms with Crippen molar-refractivity contribution < 1.29 is 4.79 Å². The summed E-state index contributed by atoms with van der Waals surface area (Å²) in [5.74, 6) is 1.86. The Hall–Kier alpha value is -1.85. The zero-order valence-corrected chi connectivity index (χ0v) is 12.8. The van der Waals surface area contributed by atoms with E-state index in [1.165, 1.54) is 12.8 Å². The molecule has 1 unspecified atom stereocenters. The average Bonchev–Trinajstić information content (AvgIpc) is 3.09. The van der Waals surface area contributed by atoms with E-state index in [1.54, 1.807) is 4.90 Å². The Balaban J connectivity index is 1.77. The molecular formula is C15H23N5O. The number of hydrogen-bond donors (Lipinski definition) is 1. The van der Waals surface area contributed by atoms with E-state index >= 15 is 0 Å². The maximum absolute atomic E-state index is 11.6. The van der Waals surface area contributed by atoms with Gasteiger partial charge in [-0.2, -0.15) is 4.98 Å². The van der Waals surface area contributed by atoms with Gasteiger partial charge in [0.25, 0.3) is 0 Å². The molecule has 1 amide bonds. The van der Waals surface area contributed by atoms with Gasteiger partial charge in [-0.1, -0.05) is 6.92 Å². The molecule has 0 aliphatic carbocycles. The van der Waals surface area contributed by atoms with E-state index in [0.29, 0.717) is 6.42 Å². The van der Waals surface area contributed by atoms with E-state index < -0.39 is 0 Å². The summed E-state index contributed by atoms with van der Waals surface area (Å²) in [6.07, 6.45) is 3.86. The van der Waals surface area contributed by atoms with Crippen molar-refractivity contribution in [2.75, 3.05) is 36.9 Å². The number of aryl methyl sites for hydroxylation is 1. The first-order valence-corrected chi connectivity index (χ1v) is 7.79. The van der Waals surface area contributed by atoms with Gasteiger partial charge in [-0.05, 0) is 19.3 Å². The first-order valence-electron chi connectivity index (χ1n) is 7.79. The van der Waals surface area contributed by atoms with Gasteiger partial charge in [-0.15, -0.1) is 0 Å². The lowest BCUT2D eigenvalue weighted by atomic mass is 10.2. The Bertz CT molecular complexity index is 527. The maximum Gasteiger partial charge on any atom is 0.227 e. The minimum Gasteiger partial charge on any atom is -0.365 e. The highest BCUT2D eigenvalue weighted by molar-refractivity contribution is 5.79. The normalized spacial score (nSPS) is 22.2. The van der Waals surface area contributed by atoms with Crippen molar-refractivity contribution in [3.8, 4) is 0 Å². The van der Waals surface area contributed by atoms with E-state index in [4.69, 9.17) is 0 Å². The third-order valence-electron chi connectivity index (χ3n) is 4.21. The van der Waals surface area contributed by atoms with Gasteiger partial charge in [0.15, 0.2) is 0 Å². The fourth-order valence-electron chi connectivity index (χ4n) is 2.97. The third-order valence-corrected chi connectivity index (χ3v) is 4.21. The molecule has 1 N–H and O–H groups in total. The smallest absolute Gasteiger partial charge is 0.227 e. The number of hydrogen-bond acceptors (Lipinski definition) is 5. The van der Waals surface area contributed by atoms with Crippen LogP contribution in [0.25, 0.3) is 0 Å². The molecule has 0 aromatic carbocycles. The number of amides is 1. The second-order valence-corrected chi connectivity index (χ2v) is 5.91. The molecule has 1 aromatic rings. The molecule has 0 radical (unpaired) electrons. The molecule has 0 saturated carbocycles. The van der Waals surface area contributed by atoms with Crippen LogP contribution < -0.4 is 10.2 Å². The van der Waals surface area contributed by atoms with Crippen molar-refractivity contribution in [1.29, 1.82) is 0 Å². The Morgan fingerprint density at radius 1 is 1.33 bits per heavy atom. The molecule has 2 aliphatic rings. The number of nitrogens with zero attached hydrogens (tertiary/aromatic N) is 4. The Kier molecular flexibility index (Phi) is 3.94. The fourth-order valence-corrected chi connectivity index (χ4v) is 2.97. The molecule has 2 aliphatic heterocycles. The first kappa shape index (κ1) is 14.1. The summed E-state index contributed by atoms with van der Waals surface area (Å²) in [4.78, 5) is 24.9. The number of likely N-dealkylation sites (N-methyl/N-ethyl adjacent to an activating group) is 1. The number of carbonyl (C=O) groups excluding carboxylic acids is 1. The molecule has 1 atom stereocenters. The number of likely N-dealkylation sites (tertiary alicyclic amines) is 1. The van der Waals surface area contributed by atoms with Crippen molar-refractivity contribution in [1.82, 2.24) is 14.9 Å². The van der Waals surface area contributed by atoms with Crippen LogP contribution in [0.1, 0.15) is 31.9 Å². The van der Waals surface area contributed by atoms with Gasteiger partial charge in [0.05, 0.1) is 6.04 Å². The predicted molar refractivity (Wildman–Crippen MR) is 82.5 cm³/mol. The van der Waals surface area contributed by atoms with Crippen LogP contribution in [0.5, 0.6) is 0 Å². The molecule has 6 heteroatoms. The minimum atomic E-state index is 0.147. The second kappa shape index (κ2) is 5.87. The van der Waals surface area contributed by atoms with Crippen molar-refractivity contribution >= 4 is 17.7 Å². The number of rotatable bonds is 4. The summed E-state index contributed by atoms with van der Waals surface area (Å²) in [5, 5.41) is 3.40. The van der Waals surface area contributed by atoms with E-state index in [0.717, 1.165) is 43.5 Å². The van der Waals surface area contributed by atoms with Crippen molar-refractivity contribution in [3.63, 3.8) is 0 Å². The second-order valence-electron chi connectivity index (χ2n) is 5.91. The lowest BCUT2D eigenvalue weighted by molar-refractivity contribution is -0.126. The monoisotopic (exact) mass is 289 g/mol. The number of carbonyl (C=O) groups is 1. The van der Waals surface area contributed by atoms with Crippen molar-refractivity contribution in [3.05, 3.63) is 11.8 Å². The van der Waals surface area contributed by atoms with Crippen LogP contribution >= 0.6 is 0 Å². The summed E-state index contributed by atoms with van der Waals surface area (Å²) in [5.41, 5.74) is 1.05. The number of nitrogens with one attached hydrogen (secondary N) is 1. The Morgan fingerprint density at radius 3 is 2.71 bits per heavy atom. The van der Waals surface area contributed by atoms with Crippen molar-refractivity contribution in [2.24, 2.45) is 0 Å². The molecule has 0 bridgehead atoms. The Labute approximate surface area is 125 Å². The van der Waals surface area contributed by atoms with Gasteiger partial charge in [0.2, 0.25) is 11.9 Å². The molecule has 2 fully saturated rings. The summed E-state index contributed by atoms with van der Waals surface area (Å²) in [7, 11) is 1.84. The lowest BCUT2D eigenvalue weighted by Gasteiger charge is -2.19. The van der Waals surface area contributed by atoms with Gasteiger partial charge in [0.1, 0.15) is 5.82 Å². The van der Waals surface area contributed by atoms with Crippen LogP contribution in [0.2, 0.25) is 0 Å². The first-order chi connectivity index (χ1) is 10.2. The standard InChI is InChI=1S/C15H23N5O/c1-3-11-8-13(16-12-9-14(21)19(2)10-12)18-15(17-11)20-6-4-5-7-20/h8,12H,3-7,9-10H2,1-2H3,(H,16,17,18). The van der Waals surface area contributed by atoms with Gasteiger partial charge in [-0.3, -0.25) is 4.79 Å². The Morgan fingerprint density at radius 2 is 2.10 bits per heavy atom. The van der Waals surface area contributed by atoms with Crippen LogP contribution in [0.4, 0.5) is 11.8 Å². The average molecular weight is 289 g/mol. The number of aromatic nitrogens is 2. The highest BCUT2D eigenvalue weighted by Crippen LogP contribution is 2.21. The van der Waals surface area contributed by atoms with Gasteiger partial charge in [-0.25, -0.2) is 4.98 Å². The largest absolute Gasteiger partial charge is 0.365 e. The van der Waals surface area contributed by atoms with E-state index in [9.17, 15) is 4.79 Å². The summed E-state index contributed by atoms with van der Waals surface area (Å²) >= 11 is 0. The summed E-state index contributed by atoms with van der Waals surface area (Å²) < 4.78 is 0. The molecule has 3 rings (SSSR count). The highest BCUT2D eigenvalue weighted by atomic mass is 16.2. The number of anilines is 2. The van der Waals surface area contributed by atoms with Crippen LogP contribution in [0.15, 0.2) is 6.07 Å². The molecule has 1 aromatic heterocycles. The zero-order valence-electron chi connectivity index (χ0n) is 12.8. The zero-order chi connectivity index (χ0) is 14.8. The topological polar surface area (TPSA) is 61.4 Å². The molecule has 3 heterocycles. The van der Waals surface area contributed by atoms with E-state index in [-0.39, 0.29) is 11.9 Å². The molecule has 6 nitrogen and oxygen atoms in total. The highest BCUT2D eigenvalue weighted by Gasteiger charge is 2.27. The van der Waals surface area contributed by atoms with Crippen LogP contribution in [-0.2, 0) is 11.2 Å². The third kappa shape index (κ3) is 3.09. The minimum absolute atomic E-state index is 0.147. The van der Waals surface area contributed by atoms with Gasteiger partial charge in [0, 0.05) is 44.9 Å². The van der Waals surface area contributed by atoms with Crippen LogP contribution in [-0.4, -0.2) is 53.5 Å². The van der Waals surface area contributed by atoms with Gasteiger partial charge >= 0.3 is 0 Å². The quantitative estimate of drug-likeness (QED) is 0.905. The molecular weight excluding hydrogens is 266 g/mol. The van der Waals surface area contributed by atoms with E-state index in [2.05, 4.69) is 27.1 Å². The molecule has 2 saturated heterocycles. The van der Waals surface area contributed by atoms with Crippen LogP contribution in [0, 0.1) is 0 Å². The maximum atomic E-state index is 11.6. The van der Waals surface area contributed by atoms with Crippen LogP contribution in [0.3, 0.4) is 0 Å². The van der Waals surface area contributed by atoms with Crippen molar-refractivity contribution in [2.45, 2.75) is 38.6 Å².